The van der Waals surface area contributed by atoms with E-state index in [1.165, 1.54) is 12.1 Å². The summed E-state index contributed by atoms with van der Waals surface area (Å²) in [6, 6.07) is 7.53. The molecule has 1 N–H and O–H groups in total. The van der Waals surface area contributed by atoms with Crippen LogP contribution in [0.25, 0.3) is 0 Å². The van der Waals surface area contributed by atoms with Crippen molar-refractivity contribution < 1.29 is 44.2 Å². The minimum absolute atomic E-state index is 0.172. The molecule has 1 fully saturated rings. The quantitative estimate of drug-likeness (QED) is 0.586. The van der Waals surface area contributed by atoms with E-state index in [1.807, 2.05) is 4.90 Å². The van der Waals surface area contributed by atoms with Crippen molar-refractivity contribution in [2.45, 2.75) is 23.5 Å². The highest BCUT2D eigenvalue weighted by atomic mass is 32.2. The van der Waals surface area contributed by atoms with Crippen LogP contribution < -0.4 is 9.46 Å². The van der Waals surface area contributed by atoms with Gasteiger partial charge in [-0.25, -0.2) is 13.1 Å². The van der Waals surface area contributed by atoms with Gasteiger partial charge in [-0.2, -0.15) is 13.2 Å². The second-order valence-electron chi connectivity index (χ2n) is 7.16. The number of alkyl halides is 6. The van der Waals surface area contributed by atoms with E-state index in [0.717, 1.165) is 36.4 Å². The molecular formula is C20H20F6N2O4S. The van der Waals surface area contributed by atoms with Crippen LogP contribution in [-0.4, -0.2) is 52.5 Å². The monoisotopic (exact) mass is 498 g/mol. The molecule has 0 saturated carbocycles. The van der Waals surface area contributed by atoms with Crippen LogP contribution in [0, 0.1) is 0 Å². The van der Waals surface area contributed by atoms with Gasteiger partial charge in [0, 0.05) is 25.7 Å². The van der Waals surface area contributed by atoms with Gasteiger partial charge in [0.1, 0.15) is 5.75 Å². The molecule has 0 amide bonds. The van der Waals surface area contributed by atoms with Crippen LogP contribution in [0.3, 0.4) is 0 Å². The summed E-state index contributed by atoms with van der Waals surface area (Å²) in [5, 5.41) is 0. The van der Waals surface area contributed by atoms with Gasteiger partial charge in [0.2, 0.25) is 10.0 Å². The number of nitrogens with one attached hydrogen (secondary N) is 1. The molecule has 182 valence electrons. The summed E-state index contributed by atoms with van der Waals surface area (Å²) in [7, 11) is -4.12. The number of halogens is 6. The molecule has 0 bridgehead atoms. The molecule has 0 radical (unpaired) electrons. The van der Waals surface area contributed by atoms with Crippen LogP contribution >= 0.6 is 0 Å². The third-order valence-electron chi connectivity index (χ3n) is 4.94. The number of benzene rings is 2. The summed E-state index contributed by atoms with van der Waals surface area (Å²) >= 11 is 0. The van der Waals surface area contributed by atoms with E-state index in [0.29, 0.717) is 31.9 Å². The first-order valence-corrected chi connectivity index (χ1v) is 11.2. The van der Waals surface area contributed by atoms with Crippen LogP contribution in [0.1, 0.15) is 17.2 Å². The number of morpholine rings is 1. The largest absolute Gasteiger partial charge is 0.573 e. The molecule has 6 nitrogen and oxygen atoms in total. The maximum Gasteiger partial charge on any atom is 0.573 e. The van der Waals surface area contributed by atoms with Gasteiger partial charge in [0.25, 0.3) is 0 Å². The first kappa shape index (κ1) is 25.3. The van der Waals surface area contributed by atoms with Crippen molar-refractivity contribution in [1.29, 1.82) is 0 Å². The number of sulfonamides is 1. The summed E-state index contributed by atoms with van der Waals surface area (Å²) in [5.74, 6) is -0.572. The van der Waals surface area contributed by atoms with E-state index >= 15 is 0 Å². The maximum atomic E-state index is 12.9. The van der Waals surface area contributed by atoms with E-state index in [1.54, 1.807) is 0 Å². The fourth-order valence-electron chi connectivity index (χ4n) is 3.33. The lowest BCUT2D eigenvalue weighted by atomic mass is 10.0. The van der Waals surface area contributed by atoms with E-state index in [4.69, 9.17) is 4.74 Å². The summed E-state index contributed by atoms with van der Waals surface area (Å²) in [5.41, 5.74) is -0.352. The van der Waals surface area contributed by atoms with Crippen LogP contribution in [0.4, 0.5) is 26.3 Å². The van der Waals surface area contributed by atoms with E-state index in [2.05, 4.69) is 9.46 Å². The average molecular weight is 498 g/mol. The van der Waals surface area contributed by atoms with Gasteiger partial charge in [-0.15, -0.1) is 13.2 Å². The summed E-state index contributed by atoms with van der Waals surface area (Å²) < 4.78 is 112. The smallest absolute Gasteiger partial charge is 0.406 e. The molecule has 33 heavy (non-hydrogen) atoms. The van der Waals surface area contributed by atoms with Crippen molar-refractivity contribution in [3.8, 4) is 5.75 Å². The highest BCUT2D eigenvalue weighted by molar-refractivity contribution is 7.89. The molecule has 1 heterocycles. The van der Waals surface area contributed by atoms with Crippen LogP contribution in [0.2, 0.25) is 0 Å². The second-order valence-corrected chi connectivity index (χ2v) is 8.92. The number of rotatable bonds is 7. The number of ether oxygens (including phenoxy) is 2. The molecule has 1 aliphatic heterocycles. The van der Waals surface area contributed by atoms with Gasteiger partial charge >= 0.3 is 12.5 Å². The third kappa shape index (κ3) is 7.06. The summed E-state index contributed by atoms with van der Waals surface area (Å²) in [6.45, 7) is 1.47. The van der Waals surface area contributed by atoms with E-state index in [-0.39, 0.29) is 11.4 Å². The van der Waals surface area contributed by atoms with Gasteiger partial charge in [0.15, 0.2) is 0 Å². The fraction of sp³-hybridized carbons (Fsp3) is 0.400. The van der Waals surface area contributed by atoms with Crippen molar-refractivity contribution in [2.75, 3.05) is 32.8 Å². The minimum Gasteiger partial charge on any atom is -0.406 e. The third-order valence-corrected chi connectivity index (χ3v) is 6.38. The summed E-state index contributed by atoms with van der Waals surface area (Å²) in [4.78, 5) is 1.60. The Bertz CT molecular complexity index is 1020. The summed E-state index contributed by atoms with van der Waals surface area (Å²) in [6.07, 6.45) is -9.41. The number of nitrogens with zero attached hydrogens (tertiary/aromatic N) is 1. The topological polar surface area (TPSA) is 67.9 Å². The Morgan fingerprint density at radius 2 is 1.52 bits per heavy atom. The van der Waals surface area contributed by atoms with Crippen LogP contribution in [-0.2, 0) is 20.9 Å². The Labute approximate surface area is 186 Å². The molecule has 0 aromatic heterocycles. The first-order chi connectivity index (χ1) is 15.4. The lowest BCUT2D eigenvalue weighted by molar-refractivity contribution is -0.274. The Kier molecular flexibility index (Phi) is 7.56. The van der Waals surface area contributed by atoms with Crippen LogP contribution in [0.5, 0.6) is 5.75 Å². The predicted octanol–water partition coefficient (Wildman–Crippen LogP) is 3.96. The van der Waals surface area contributed by atoms with Gasteiger partial charge in [-0.3, -0.25) is 4.90 Å². The van der Waals surface area contributed by atoms with Crippen molar-refractivity contribution in [1.82, 2.24) is 9.62 Å². The number of hydrogen-bond acceptors (Lipinski definition) is 5. The molecule has 0 aliphatic carbocycles. The fourth-order valence-corrected chi connectivity index (χ4v) is 4.37. The maximum absolute atomic E-state index is 12.9. The molecule has 2 aromatic rings. The van der Waals surface area contributed by atoms with Gasteiger partial charge in [-0.05, 0) is 42.0 Å². The Balaban J connectivity index is 1.77. The van der Waals surface area contributed by atoms with Crippen LogP contribution in [0.15, 0.2) is 53.4 Å². The SMILES string of the molecule is O=S(=O)(NCC(c1ccc(C(F)(F)F)cc1)N1CCOCC1)c1ccc(OC(F)(F)F)cc1. The van der Waals surface area contributed by atoms with Gasteiger partial charge < -0.3 is 9.47 Å². The molecule has 3 rings (SSSR count). The van der Waals surface area contributed by atoms with Crippen molar-refractivity contribution in [2.24, 2.45) is 0 Å². The molecule has 0 spiro atoms. The highest BCUT2D eigenvalue weighted by Crippen LogP contribution is 2.31. The molecule has 1 unspecified atom stereocenters. The molecule has 1 aliphatic rings. The van der Waals surface area contributed by atoms with E-state index < -0.39 is 39.9 Å². The minimum atomic E-state index is -4.91. The lowest BCUT2D eigenvalue weighted by Gasteiger charge is -2.35. The molecular weight excluding hydrogens is 478 g/mol. The highest BCUT2D eigenvalue weighted by Gasteiger charge is 2.32. The van der Waals surface area contributed by atoms with Gasteiger partial charge in [-0.1, -0.05) is 12.1 Å². The Morgan fingerprint density at radius 1 is 0.939 bits per heavy atom. The average Bonchev–Trinajstić information content (AvgIpc) is 2.73. The predicted molar refractivity (Wildman–Crippen MR) is 105 cm³/mol. The zero-order valence-corrected chi connectivity index (χ0v) is 17.8. The van der Waals surface area contributed by atoms with Crippen molar-refractivity contribution in [3.05, 3.63) is 59.7 Å². The molecule has 13 heteroatoms. The molecule has 2 aromatic carbocycles. The molecule has 1 atom stereocenters. The Hall–Kier alpha value is -2.35. The Morgan fingerprint density at radius 3 is 2.03 bits per heavy atom. The first-order valence-electron chi connectivity index (χ1n) is 9.69. The zero-order valence-electron chi connectivity index (χ0n) is 17.0. The normalized spacial score (nSPS) is 17.0. The van der Waals surface area contributed by atoms with Gasteiger partial charge in [0.05, 0.1) is 23.7 Å². The van der Waals surface area contributed by atoms with E-state index in [9.17, 15) is 34.8 Å². The second kappa shape index (κ2) is 9.87. The zero-order chi connectivity index (χ0) is 24.3. The number of hydrogen-bond donors (Lipinski definition) is 1. The van der Waals surface area contributed by atoms with Crippen molar-refractivity contribution in [3.63, 3.8) is 0 Å². The lowest BCUT2D eigenvalue weighted by Crippen LogP contribution is -2.43. The van der Waals surface area contributed by atoms with Crippen molar-refractivity contribution >= 4 is 10.0 Å². The standard InChI is InChI=1S/C20H20F6N2O4S/c21-19(22,23)15-3-1-14(2-4-15)18(28-9-11-31-12-10-28)13-27-33(29,30)17-7-5-16(6-8-17)32-20(24,25)26/h1-8,18,27H,9-13H2. The molecule has 1 saturated heterocycles.